The van der Waals surface area contributed by atoms with Crippen LogP contribution >= 0.6 is 11.6 Å². The fourth-order valence-electron chi connectivity index (χ4n) is 4.90. The van der Waals surface area contributed by atoms with Crippen LogP contribution in [0, 0.1) is 5.92 Å². The highest BCUT2D eigenvalue weighted by Crippen LogP contribution is 2.44. The van der Waals surface area contributed by atoms with E-state index in [4.69, 9.17) is 16.3 Å². The first-order valence-electron chi connectivity index (χ1n) is 13.3. The number of amides is 3. The maximum absolute atomic E-state index is 13.1. The number of carbonyl (C=O) groups excluding carboxylic acids is 3. The smallest absolute Gasteiger partial charge is 0.407 e. The van der Waals surface area contributed by atoms with Crippen LogP contribution in [0.2, 0.25) is 0 Å². The van der Waals surface area contributed by atoms with Crippen molar-refractivity contribution in [1.29, 1.82) is 0 Å². The van der Waals surface area contributed by atoms with E-state index >= 15 is 0 Å². The van der Waals surface area contributed by atoms with Crippen LogP contribution in [0.15, 0.2) is 71.6 Å². The second-order valence-electron chi connectivity index (χ2n) is 10.3. The maximum Gasteiger partial charge on any atom is 0.407 e. The third kappa shape index (κ3) is 6.92. The van der Waals surface area contributed by atoms with Crippen molar-refractivity contribution in [3.63, 3.8) is 0 Å². The van der Waals surface area contributed by atoms with Crippen LogP contribution in [0.4, 0.5) is 10.5 Å². The molecule has 0 bridgehead atoms. The summed E-state index contributed by atoms with van der Waals surface area (Å²) >= 11 is 5.74. The van der Waals surface area contributed by atoms with E-state index in [2.05, 4.69) is 16.0 Å². The largest absolute Gasteiger partial charge is 0.449 e. The molecule has 222 valence electrons. The van der Waals surface area contributed by atoms with Crippen molar-refractivity contribution in [2.45, 2.75) is 49.5 Å². The number of alkyl carbamates (subject to hydrolysis) is 1. The number of halogens is 1. The zero-order valence-corrected chi connectivity index (χ0v) is 24.8. The average molecular weight is 614 g/mol. The quantitative estimate of drug-likeness (QED) is 0.191. The number of benzene rings is 3. The average Bonchev–Trinajstić information content (AvgIpc) is 3.27. The predicted octanol–water partition coefficient (Wildman–Crippen LogP) is 4.68. The first-order valence-corrected chi connectivity index (χ1v) is 15.3. The Morgan fingerprint density at radius 1 is 0.905 bits per heavy atom. The Bertz CT molecular complexity index is 1560. The number of fused-ring (bicyclic) bond motifs is 3. The third-order valence-corrected chi connectivity index (χ3v) is 8.30. The molecule has 4 N–H and O–H groups in total. The van der Waals surface area contributed by atoms with Gasteiger partial charge in [-0.3, -0.25) is 14.1 Å². The number of anilines is 1. The Labute approximate surface area is 249 Å². The third-order valence-electron chi connectivity index (χ3n) is 7.07. The summed E-state index contributed by atoms with van der Waals surface area (Å²) in [5.41, 5.74) is 4.56. The zero-order valence-electron chi connectivity index (χ0n) is 23.3. The highest BCUT2D eigenvalue weighted by Gasteiger charge is 2.31. The molecule has 0 saturated carbocycles. The molecule has 3 amide bonds. The molecule has 0 spiro atoms. The van der Waals surface area contributed by atoms with Gasteiger partial charge in [0, 0.05) is 17.5 Å². The van der Waals surface area contributed by atoms with Gasteiger partial charge in [0.05, 0.1) is 0 Å². The topological polar surface area (TPSA) is 151 Å². The van der Waals surface area contributed by atoms with Crippen LogP contribution in [0.5, 0.6) is 0 Å². The molecular formula is C30H32ClN3O7S. The molecule has 0 saturated heterocycles. The molecule has 0 aliphatic heterocycles. The van der Waals surface area contributed by atoms with E-state index in [9.17, 15) is 27.4 Å². The highest BCUT2D eigenvalue weighted by atomic mass is 35.5. The van der Waals surface area contributed by atoms with Crippen molar-refractivity contribution in [2.75, 3.05) is 11.9 Å². The van der Waals surface area contributed by atoms with Crippen LogP contribution in [0.25, 0.3) is 11.1 Å². The van der Waals surface area contributed by atoms with Gasteiger partial charge in [0.15, 0.2) is 0 Å². The Balaban J connectivity index is 1.36. The van der Waals surface area contributed by atoms with E-state index < -0.39 is 45.0 Å². The Kier molecular flexibility index (Phi) is 9.55. The van der Waals surface area contributed by atoms with Crippen LogP contribution in [0.3, 0.4) is 0 Å². The van der Waals surface area contributed by atoms with Crippen molar-refractivity contribution >= 4 is 45.3 Å². The summed E-state index contributed by atoms with van der Waals surface area (Å²) < 4.78 is 38.4. The van der Waals surface area contributed by atoms with E-state index in [0.29, 0.717) is 0 Å². The molecule has 0 unspecified atom stereocenters. The zero-order chi connectivity index (χ0) is 30.6. The minimum Gasteiger partial charge on any atom is -0.449 e. The van der Waals surface area contributed by atoms with E-state index in [1.165, 1.54) is 19.1 Å². The molecule has 2 atom stereocenters. The van der Waals surface area contributed by atoms with Crippen LogP contribution in [-0.2, 0) is 30.3 Å². The molecule has 4 rings (SSSR count). The normalized spacial score (nSPS) is 14.0. The molecule has 0 aromatic heterocycles. The van der Waals surface area contributed by atoms with Crippen LogP contribution in [0.1, 0.15) is 43.4 Å². The molecule has 10 nitrogen and oxygen atoms in total. The molecule has 1 aliphatic carbocycles. The Hall–Kier alpha value is -3.93. The van der Waals surface area contributed by atoms with E-state index in [1.54, 1.807) is 13.8 Å². The second kappa shape index (κ2) is 12.9. The highest BCUT2D eigenvalue weighted by molar-refractivity contribution is 7.85. The molecule has 3 aromatic carbocycles. The molecule has 0 fully saturated rings. The lowest BCUT2D eigenvalue weighted by molar-refractivity contribution is -0.128. The van der Waals surface area contributed by atoms with E-state index in [-0.39, 0.29) is 35.6 Å². The molecule has 12 heteroatoms. The van der Waals surface area contributed by atoms with Gasteiger partial charge in [0.25, 0.3) is 10.1 Å². The summed E-state index contributed by atoms with van der Waals surface area (Å²) in [7, 11) is -4.57. The number of alkyl halides is 1. The van der Waals surface area contributed by atoms with Gasteiger partial charge in [-0.2, -0.15) is 8.42 Å². The second-order valence-corrected chi connectivity index (χ2v) is 12.0. The number of rotatable bonds is 10. The molecular weight excluding hydrogens is 582 g/mol. The van der Waals surface area contributed by atoms with Crippen LogP contribution in [-0.4, -0.2) is 49.6 Å². The van der Waals surface area contributed by atoms with Gasteiger partial charge in [-0.25, -0.2) is 4.79 Å². The standard InChI is InChI=1S/C30H32ClN3O7S/c1-17(2)27(29(36)32-18(3)28(35)33-20-13-12-19(15-31)26(14-20)42(38,39)40)34-30(37)41-16-25-23-10-6-4-8-21(23)22-9-5-7-11-24(22)25/h4-14,17-18,25,27H,15-16H2,1-3H3,(H,32,36)(H,33,35)(H,34,37)(H,38,39,40)/t18-,27-/m0/s1. The fourth-order valence-corrected chi connectivity index (χ4v) is 5.96. The summed E-state index contributed by atoms with van der Waals surface area (Å²) in [5, 5.41) is 7.68. The van der Waals surface area contributed by atoms with Crippen LogP contribution < -0.4 is 16.0 Å². The number of nitrogens with one attached hydrogen (secondary N) is 3. The van der Waals surface area contributed by atoms with Gasteiger partial charge in [-0.1, -0.05) is 68.4 Å². The molecule has 0 heterocycles. The summed E-state index contributed by atoms with van der Waals surface area (Å²) in [6, 6.07) is 17.7. The van der Waals surface area contributed by atoms with Gasteiger partial charge in [0.1, 0.15) is 23.6 Å². The number of hydrogen-bond donors (Lipinski definition) is 4. The van der Waals surface area contributed by atoms with Crippen molar-refractivity contribution in [3.8, 4) is 11.1 Å². The molecule has 0 radical (unpaired) electrons. The SMILES string of the molecule is CC(C)[C@H](NC(=O)OCC1c2ccccc2-c2ccccc21)C(=O)N[C@@H](C)C(=O)Nc1ccc(CCl)c(S(=O)(=O)O)c1. The molecule has 1 aliphatic rings. The number of hydrogen-bond acceptors (Lipinski definition) is 6. The van der Waals surface area contributed by atoms with E-state index in [1.807, 2.05) is 48.5 Å². The number of ether oxygens (including phenoxy) is 1. The lowest BCUT2D eigenvalue weighted by atomic mass is 9.98. The summed E-state index contributed by atoms with van der Waals surface area (Å²) in [6.07, 6.45) is -0.764. The summed E-state index contributed by atoms with van der Waals surface area (Å²) in [4.78, 5) is 38.2. The Morgan fingerprint density at radius 2 is 1.50 bits per heavy atom. The molecule has 42 heavy (non-hydrogen) atoms. The lowest BCUT2D eigenvalue weighted by Gasteiger charge is -2.24. The van der Waals surface area contributed by atoms with Gasteiger partial charge in [0.2, 0.25) is 11.8 Å². The fraction of sp³-hybridized carbons (Fsp3) is 0.300. The summed E-state index contributed by atoms with van der Waals surface area (Å²) in [5.74, 6) is -1.88. The first-order chi connectivity index (χ1) is 19.9. The molecule has 3 aromatic rings. The van der Waals surface area contributed by atoms with Crippen molar-refractivity contribution in [3.05, 3.63) is 83.4 Å². The Morgan fingerprint density at radius 3 is 2.05 bits per heavy atom. The maximum atomic E-state index is 13.1. The predicted molar refractivity (Wildman–Crippen MR) is 159 cm³/mol. The van der Waals surface area contributed by atoms with Gasteiger partial charge >= 0.3 is 6.09 Å². The minimum absolute atomic E-state index is 0.0825. The lowest BCUT2D eigenvalue weighted by Crippen LogP contribution is -2.53. The van der Waals surface area contributed by atoms with Gasteiger partial charge in [-0.15, -0.1) is 11.6 Å². The van der Waals surface area contributed by atoms with Gasteiger partial charge < -0.3 is 20.7 Å². The van der Waals surface area contributed by atoms with Crippen molar-refractivity contribution in [1.82, 2.24) is 10.6 Å². The first kappa shape index (κ1) is 31.0. The van der Waals surface area contributed by atoms with Crippen molar-refractivity contribution in [2.24, 2.45) is 5.92 Å². The summed E-state index contributed by atoms with van der Waals surface area (Å²) in [6.45, 7) is 5.01. The number of carbonyl (C=O) groups is 3. The minimum atomic E-state index is -4.57. The van der Waals surface area contributed by atoms with E-state index in [0.717, 1.165) is 28.3 Å². The van der Waals surface area contributed by atoms with Gasteiger partial charge in [-0.05, 0) is 52.8 Å². The van der Waals surface area contributed by atoms with Crippen molar-refractivity contribution < 1.29 is 32.1 Å². The monoisotopic (exact) mass is 613 g/mol.